The molecule has 1 amide bonds. The van der Waals surface area contributed by atoms with E-state index >= 15 is 0 Å². The molecule has 0 radical (unpaired) electrons. The van der Waals surface area contributed by atoms with E-state index in [2.05, 4.69) is 0 Å². The van der Waals surface area contributed by atoms with Crippen molar-refractivity contribution in [2.45, 2.75) is 25.4 Å². The van der Waals surface area contributed by atoms with Gasteiger partial charge in [0.2, 0.25) is 5.91 Å². The maximum Gasteiger partial charge on any atom is 0.232 e. The van der Waals surface area contributed by atoms with E-state index in [4.69, 9.17) is 10.5 Å². The van der Waals surface area contributed by atoms with Crippen LogP contribution in [0.5, 0.6) is 5.75 Å². The molecule has 1 aliphatic heterocycles. The standard InChI is InChI=1S/C19H22N2O2/c1-3-16-17(20)18(13-7-5-4-6-8-13)21(19(16)22)14-9-11-15(23-2)12-10-14/h4-12,16-18H,3,20H2,1-2H3/t16-,17-,18+/m0/s1. The summed E-state index contributed by atoms with van der Waals surface area (Å²) in [6.45, 7) is 2.02. The van der Waals surface area contributed by atoms with Crippen LogP contribution in [0.3, 0.4) is 0 Å². The van der Waals surface area contributed by atoms with Crippen LogP contribution in [0.1, 0.15) is 24.9 Å². The fourth-order valence-electron chi connectivity index (χ4n) is 3.37. The van der Waals surface area contributed by atoms with Crippen LogP contribution in [-0.2, 0) is 4.79 Å². The maximum atomic E-state index is 12.9. The first-order valence-corrected chi connectivity index (χ1v) is 7.95. The number of ether oxygens (including phenoxy) is 1. The summed E-state index contributed by atoms with van der Waals surface area (Å²) in [5.41, 5.74) is 8.38. The van der Waals surface area contributed by atoms with Gasteiger partial charge in [0.25, 0.3) is 0 Å². The molecule has 1 heterocycles. The van der Waals surface area contributed by atoms with E-state index in [1.54, 1.807) is 7.11 Å². The lowest BCUT2D eigenvalue weighted by Crippen LogP contribution is -2.33. The summed E-state index contributed by atoms with van der Waals surface area (Å²) in [7, 11) is 1.63. The molecule has 0 aliphatic carbocycles. The fraction of sp³-hybridized carbons (Fsp3) is 0.316. The molecule has 0 saturated carbocycles. The number of carbonyl (C=O) groups is 1. The summed E-state index contributed by atoms with van der Waals surface area (Å²) < 4.78 is 5.21. The zero-order chi connectivity index (χ0) is 16.4. The van der Waals surface area contributed by atoms with Gasteiger partial charge in [-0.2, -0.15) is 0 Å². The molecule has 3 atom stereocenters. The van der Waals surface area contributed by atoms with Crippen molar-refractivity contribution < 1.29 is 9.53 Å². The lowest BCUT2D eigenvalue weighted by Gasteiger charge is -2.27. The number of rotatable bonds is 4. The van der Waals surface area contributed by atoms with Crippen molar-refractivity contribution in [2.75, 3.05) is 12.0 Å². The fourth-order valence-corrected chi connectivity index (χ4v) is 3.37. The maximum absolute atomic E-state index is 12.9. The lowest BCUT2D eigenvalue weighted by molar-refractivity contribution is -0.120. The lowest BCUT2D eigenvalue weighted by atomic mass is 9.93. The van der Waals surface area contributed by atoms with Crippen LogP contribution in [0.15, 0.2) is 54.6 Å². The summed E-state index contributed by atoms with van der Waals surface area (Å²) in [6.07, 6.45) is 0.746. The van der Waals surface area contributed by atoms with E-state index in [-0.39, 0.29) is 23.9 Å². The van der Waals surface area contributed by atoms with E-state index in [0.717, 1.165) is 23.4 Å². The zero-order valence-electron chi connectivity index (χ0n) is 13.5. The van der Waals surface area contributed by atoms with Crippen molar-refractivity contribution >= 4 is 11.6 Å². The highest BCUT2D eigenvalue weighted by Gasteiger charge is 2.46. The Hall–Kier alpha value is -2.33. The SMILES string of the molecule is CC[C@@H]1C(=O)N(c2ccc(OC)cc2)[C@H](c2ccccc2)[C@H]1N. The Morgan fingerprint density at radius 1 is 1.09 bits per heavy atom. The van der Waals surface area contributed by atoms with Crippen molar-refractivity contribution in [1.82, 2.24) is 0 Å². The number of hydrogen-bond acceptors (Lipinski definition) is 3. The Balaban J connectivity index is 2.04. The Kier molecular flexibility index (Phi) is 4.35. The van der Waals surface area contributed by atoms with Gasteiger partial charge in [-0.25, -0.2) is 0 Å². The molecular weight excluding hydrogens is 288 g/mol. The highest BCUT2D eigenvalue weighted by Crippen LogP contribution is 2.40. The smallest absolute Gasteiger partial charge is 0.232 e. The molecule has 2 aromatic carbocycles. The highest BCUT2D eigenvalue weighted by atomic mass is 16.5. The summed E-state index contributed by atoms with van der Waals surface area (Å²) in [6, 6.07) is 17.2. The first kappa shape index (κ1) is 15.6. The van der Waals surface area contributed by atoms with Gasteiger partial charge in [-0.3, -0.25) is 4.79 Å². The molecule has 4 nitrogen and oxygen atoms in total. The Labute approximate surface area is 136 Å². The van der Waals surface area contributed by atoms with Gasteiger partial charge in [-0.1, -0.05) is 37.3 Å². The molecule has 0 unspecified atom stereocenters. The average molecular weight is 310 g/mol. The highest BCUT2D eigenvalue weighted by molar-refractivity contribution is 5.99. The van der Waals surface area contributed by atoms with Crippen LogP contribution in [0.2, 0.25) is 0 Å². The van der Waals surface area contributed by atoms with Crippen LogP contribution in [0.25, 0.3) is 0 Å². The molecule has 0 spiro atoms. The normalized spacial score (nSPS) is 24.0. The van der Waals surface area contributed by atoms with E-state index in [1.807, 2.05) is 66.4 Å². The molecule has 1 fully saturated rings. The van der Waals surface area contributed by atoms with Crippen molar-refractivity contribution in [3.05, 3.63) is 60.2 Å². The predicted molar refractivity (Wildman–Crippen MR) is 91.4 cm³/mol. The average Bonchev–Trinajstić information content (AvgIpc) is 2.85. The third-order valence-electron chi connectivity index (χ3n) is 4.59. The van der Waals surface area contributed by atoms with E-state index in [1.165, 1.54) is 0 Å². The second-order valence-electron chi connectivity index (χ2n) is 5.85. The van der Waals surface area contributed by atoms with Crippen molar-refractivity contribution in [2.24, 2.45) is 11.7 Å². The topological polar surface area (TPSA) is 55.6 Å². The number of amides is 1. The minimum atomic E-state index is -0.211. The summed E-state index contributed by atoms with van der Waals surface area (Å²) in [4.78, 5) is 14.7. The largest absolute Gasteiger partial charge is 0.497 e. The minimum Gasteiger partial charge on any atom is -0.497 e. The molecular formula is C19H22N2O2. The molecule has 0 bridgehead atoms. The third-order valence-corrected chi connectivity index (χ3v) is 4.59. The summed E-state index contributed by atoms with van der Waals surface area (Å²) >= 11 is 0. The van der Waals surface area contributed by atoms with Crippen LogP contribution in [-0.4, -0.2) is 19.1 Å². The monoisotopic (exact) mass is 310 g/mol. The number of nitrogens with zero attached hydrogens (tertiary/aromatic N) is 1. The summed E-state index contributed by atoms with van der Waals surface area (Å²) in [5, 5.41) is 0. The molecule has 2 aromatic rings. The van der Waals surface area contributed by atoms with Crippen LogP contribution in [0, 0.1) is 5.92 Å². The van der Waals surface area contributed by atoms with Gasteiger partial charge >= 0.3 is 0 Å². The van der Waals surface area contributed by atoms with Gasteiger partial charge in [-0.05, 0) is 36.2 Å². The molecule has 0 aromatic heterocycles. The Morgan fingerprint density at radius 3 is 2.30 bits per heavy atom. The van der Waals surface area contributed by atoms with Gasteiger partial charge < -0.3 is 15.4 Å². The molecule has 1 saturated heterocycles. The second-order valence-corrected chi connectivity index (χ2v) is 5.85. The zero-order valence-corrected chi connectivity index (χ0v) is 13.5. The second kappa shape index (κ2) is 6.42. The number of nitrogens with two attached hydrogens (primary N) is 1. The van der Waals surface area contributed by atoms with Gasteiger partial charge in [-0.15, -0.1) is 0 Å². The van der Waals surface area contributed by atoms with Gasteiger partial charge in [0.15, 0.2) is 0 Å². The number of anilines is 1. The molecule has 3 rings (SSSR count). The first-order valence-electron chi connectivity index (χ1n) is 7.95. The molecule has 4 heteroatoms. The molecule has 2 N–H and O–H groups in total. The number of benzene rings is 2. The molecule has 120 valence electrons. The van der Waals surface area contributed by atoms with E-state index < -0.39 is 0 Å². The minimum absolute atomic E-state index is 0.0963. The van der Waals surface area contributed by atoms with Crippen molar-refractivity contribution in [1.29, 1.82) is 0 Å². The Morgan fingerprint density at radius 2 is 1.74 bits per heavy atom. The van der Waals surface area contributed by atoms with Gasteiger partial charge in [0.05, 0.1) is 19.1 Å². The van der Waals surface area contributed by atoms with Crippen LogP contribution < -0.4 is 15.4 Å². The van der Waals surface area contributed by atoms with Crippen LogP contribution in [0.4, 0.5) is 5.69 Å². The van der Waals surface area contributed by atoms with Gasteiger partial charge in [0.1, 0.15) is 5.75 Å². The van der Waals surface area contributed by atoms with Crippen LogP contribution >= 0.6 is 0 Å². The van der Waals surface area contributed by atoms with Crippen molar-refractivity contribution in [3.63, 3.8) is 0 Å². The van der Waals surface area contributed by atoms with Crippen molar-refractivity contribution in [3.8, 4) is 5.75 Å². The van der Waals surface area contributed by atoms with E-state index in [9.17, 15) is 4.79 Å². The van der Waals surface area contributed by atoms with Gasteiger partial charge in [0, 0.05) is 11.7 Å². The quantitative estimate of drug-likeness (QED) is 0.944. The Bertz CT molecular complexity index is 670. The molecule has 23 heavy (non-hydrogen) atoms. The molecule has 1 aliphatic rings. The number of carbonyl (C=O) groups excluding carboxylic acids is 1. The number of methoxy groups -OCH3 is 1. The predicted octanol–water partition coefficient (Wildman–Crippen LogP) is 3.14. The first-order chi connectivity index (χ1) is 11.2. The number of hydrogen-bond donors (Lipinski definition) is 1. The van der Waals surface area contributed by atoms with E-state index in [0.29, 0.717) is 0 Å². The third kappa shape index (κ3) is 2.70. The summed E-state index contributed by atoms with van der Waals surface area (Å²) in [5.74, 6) is 0.717.